The number of piperazine rings is 1. The molecule has 0 aromatic heterocycles. The number of methoxy groups -OCH3 is 1. The Morgan fingerprint density at radius 1 is 1.03 bits per heavy atom. The number of nitrogens with zero attached hydrogens (tertiary/aromatic N) is 2. The van der Waals surface area contributed by atoms with Crippen LogP contribution >= 0.6 is 0 Å². The highest BCUT2D eigenvalue weighted by molar-refractivity contribution is 5.98. The van der Waals surface area contributed by atoms with Gasteiger partial charge in [0.05, 0.1) is 7.11 Å². The summed E-state index contributed by atoms with van der Waals surface area (Å²) in [6.07, 6.45) is 0.618. The van der Waals surface area contributed by atoms with Crippen LogP contribution in [0.1, 0.15) is 36.2 Å². The van der Waals surface area contributed by atoms with Crippen molar-refractivity contribution in [3.63, 3.8) is 0 Å². The molecule has 1 aliphatic rings. The van der Waals surface area contributed by atoms with Crippen LogP contribution in [0.2, 0.25) is 0 Å². The second-order valence-corrected chi connectivity index (χ2v) is 8.48. The van der Waals surface area contributed by atoms with Crippen LogP contribution in [0, 0.1) is 12.8 Å². The Morgan fingerprint density at radius 2 is 1.74 bits per heavy atom. The summed E-state index contributed by atoms with van der Waals surface area (Å²) >= 11 is 0. The average molecular weight is 424 g/mol. The van der Waals surface area contributed by atoms with Gasteiger partial charge in [-0.1, -0.05) is 38.1 Å². The largest absolute Gasteiger partial charge is 0.497 e. The van der Waals surface area contributed by atoms with E-state index < -0.39 is 6.04 Å². The molecular formula is C25H33N3O3. The summed E-state index contributed by atoms with van der Waals surface area (Å²) in [5, 5.41) is 3.00. The Labute approximate surface area is 185 Å². The molecule has 2 aromatic rings. The predicted molar refractivity (Wildman–Crippen MR) is 124 cm³/mol. The average Bonchev–Trinajstić information content (AvgIpc) is 2.78. The molecular weight excluding hydrogens is 390 g/mol. The normalized spacial score (nSPS) is 15.0. The second-order valence-electron chi connectivity index (χ2n) is 8.48. The van der Waals surface area contributed by atoms with E-state index in [1.54, 1.807) is 13.2 Å². The number of amides is 2. The van der Waals surface area contributed by atoms with Gasteiger partial charge in [0.2, 0.25) is 5.91 Å². The summed E-state index contributed by atoms with van der Waals surface area (Å²) in [5.74, 6) is 0.934. The Morgan fingerprint density at radius 3 is 2.39 bits per heavy atom. The fourth-order valence-corrected chi connectivity index (χ4v) is 3.97. The van der Waals surface area contributed by atoms with Crippen molar-refractivity contribution in [3.8, 4) is 5.75 Å². The lowest BCUT2D eigenvalue weighted by atomic mass is 10.0. The zero-order valence-electron chi connectivity index (χ0n) is 18.9. The van der Waals surface area contributed by atoms with Gasteiger partial charge in [0.1, 0.15) is 11.8 Å². The van der Waals surface area contributed by atoms with E-state index in [0.29, 0.717) is 31.0 Å². The predicted octanol–water partition coefficient (Wildman–Crippen LogP) is 3.50. The molecule has 0 saturated carbocycles. The highest BCUT2D eigenvalue weighted by atomic mass is 16.5. The van der Waals surface area contributed by atoms with Crippen molar-refractivity contribution in [1.29, 1.82) is 0 Å². The van der Waals surface area contributed by atoms with Crippen molar-refractivity contribution in [2.45, 2.75) is 33.2 Å². The first-order chi connectivity index (χ1) is 14.9. The van der Waals surface area contributed by atoms with Crippen LogP contribution in [0.4, 0.5) is 5.69 Å². The van der Waals surface area contributed by atoms with Gasteiger partial charge in [0, 0.05) is 43.5 Å². The molecule has 1 fully saturated rings. The first-order valence-electron chi connectivity index (χ1n) is 10.9. The number of nitrogens with one attached hydrogen (secondary N) is 1. The van der Waals surface area contributed by atoms with Crippen molar-refractivity contribution in [2.75, 3.05) is 38.2 Å². The van der Waals surface area contributed by atoms with E-state index in [2.05, 4.69) is 30.1 Å². The zero-order chi connectivity index (χ0) is 22.4. The fraction of sp³-hybridized carbons (Fsp3) is 0.440. The molecule has 1 saturated heterocycles. The molecule has 0 aliphatic carbocycles. The number of hydrogen-bond donors (Lipinski definition) is 1. The molecule has 6 heteroatoms. The minimum Gasteiger partial charge on any atom is -0.497 e. The van der Waals surface area contributed by atoms with Gasteiger partial charge in [-0.25, -0.2) is 0 Å². The van der Waals surface area contributed by atoms with E-state index in [4.69, 9.17) is 4.74 Å². The highest BCUT2D eigenvalue weighted by Gasteiger charge is 2.29. The lowest BCUT2D eigenvalue weighted by Crippen LogP contribution is -2.55. The van der Waals surface area contributed by atoms with Gasteiger partial charge >= 0.3 is 0 Å². The molecule has 1 atom stereocenters. The van der Waals surface area contributed by atoms with Crippen LogP contribution in [0.5, 0.6) is 5.75 Å². The molecule has 2 amide bonds. The molecule has 166 valence electrons. The minimum atomic E-state index is -0.518. The van der Waals surface area contributed by atoms with Gasteiger partial charge in [-0.15, -0.1) is 0 Å². The van der Waals surface area contributed by atoms with Gasteiger partial charge in [0.15, 0.2) is 0 Å². The van der Waals surface area contributed by atoms with Crippen LogP contribution in [-0.2, 0) is 4.79 Å². The number of aryl methyl sites for hydroxylation is 1. The number of hydrogen-bond acceptors (Lipinski definition) is 4. The van der Waals surface area contributed by atoms with E-state index in [1.165, 1.54) is 0 Å². The minimum absolute atomic E-state index is 0.000858. The number of benzene rings is 2. The monoisotopic (exact) mass is 423 g/mol. The molecule has 31 heavy (non-hydrogen) atoms. The van der Waals surface area contributed by atoms with Gasteiger partial charge in [-0.3, -0.25) is 9.59 Å². The highest BCUT2D eigenvalue weighted by Crippen LogP contribution is 2.22. The zero-order valence-corrected chi connectivity index (χ0v) is 18.9. The van der Waals surface area contributed by atoms with Gasteiger partial charge in [-0.2, -0.15) is 0 Å². The first kappa shape index (κ1) is 22.7. The van der Waals surface area contributed by atoms with Gasteiger partial charge < -0.3 is 19.9 Å². The maximum atomic E-state index is 13.3. The number of carbonyl (C=O) groups is 2. The van der Waals surface area contributed by atoms with E-state index in [-0.39, 0.29) is 11.8 Å². The number of anilines is 1. The van der Waals surface area contributed by atoms with Crippen molar-refractivity contribution >= 4 is 17.5 Å². The third-order valence-corrected chi connectivity index (χ3v) is 5.71. The van der Waals surface area contributed by atoms with Crippen molar-refractivity contribution in [2.24, 2.45) is 5.92 Å². The summed E-state index contributed by atoms with van der Waals surface area (Å²) in [4.78, 5) is 30.3. The van der Waals surface area contributed by atoms with E-state index in [9.17, 15) is 9.59 Å². The summed E-state index contributed by atoms with van der Waals surface area (Å²) in [6, 6.07) is 14.9. The quantitative estimate of drug-likeness (QED) is 0.741. The Kier molecular flexibility index (Phi) is 7.55. The van der Waals surface area contributed by atoms with E-state index in [0.717, 1.165) is 30.1 Å². The second kappa shape index (κ2) is 10.3. The number of ether oxygens (including phenoxy) is 1. The maximum absolute atomic E-state index is 13.3. The topological polar surface area (TPSA) is 61.9 Å². The standard InChI is InChI=1S/C25H33N3O3/c1-18(2)16-23(26-24(29)22-11-6-5-8-19(22)3)25(30)28-14-12-27(13-15-28)20-9-7-10-21(17-20)31-4/h5-11,17-18,23H,12-16H2,1-4H3,(H,26,29)/t23-/m0/s1. The molecule has 1 heterocycles. The lowest BCUT2D eigenvalue weighted by Gasteiger charge is -2.38. The first-order valence-corrected chi connectivity index (χ1v) is 10.9. The van der Waals surface area contributed by atoms with Crippen LogP contribution < -0.4 is 15.0 Å². The number of rotatable bonds is 7. The van der Waals surface area contributed by atoms with Gasteiger partial charge in [-0.05, 0) is 43.0 Å². The van der Waals surface area contributed by atoms with Crippen LogP contribution in [0.15, 0.2) is 48.5 Å². The van der Waals surface area contributed by atoms with Crippen molar-refractivity contribution in [1.82, 2.24) is 10.2 Å². The van der Waals surface area contributed by atoms with Crippen LogP contribution in [0.3, 0.4) is 0 Å². The van der Waals surface area contributed by atoms with Gasteiger partial charge in [0.25, 0.3) is 5.91 Å². The Hall–Kier alpha value is -3.02. The Bertz CT molecular complexity index is 904. The molecule has 0 spiro atoms. The SMILES string of the molecule is COc1cccc(N2CCN(C(=O)[C@H](CC(C)C)NC(=O)c3ccccc3C)CC2)c1. The van der Waals surface area contributed by atoms with E-state index in [1.807, 2.05) is 48.2 Å². The lowest BCUT2D eigenvalue weighted by molar-refractivity contribution is -0.134. The molecule has 2 aromatic carbocycles. The summed E-state index contributed by atoms with van der Waals surface area (Å²) in [7, 11) is 1.66. The van der Waals surface area contributed by atoms with Crippen LogP contribution in [0.25, 0.3) is 0 Å². The Balaban J connectivity index is 1.65. The molecule has 0 unspecified atom stereocenters. The van der Waals surface area contributed by atoms with Crippen LogP contribution in [-0.4, -0.2) is 56.0 Å². The van der Waals surface area contributed by atoms with E-state index >= 15 is 0 Å². The molecule has 3 rings (SSSR count). The molecule has 1 N–H and O–H groups in total. The molecule has 1 aliphatic heterocycles. The third kappa shape index (κ3) is 5.78. The number of carbonyl (C=O) groups excluding carboxylic acids is 2. The van der Waals surface area contributed by atoms with Crippen molar-refractivity contribution in [3.05, 3.63) is 59.7 Å². The van der Waals surface area contributed by atoms with Crippen molar-refractivity contribution < 1.29 is 14.3 Å². The summed E-state index contributed by atoms with van der Waals surface area (Å²) in [6.45, 7) is 8.81. The third-order valence-electron chi connectivity index (χ3n) is 5.71. The summed E-state index contributed by atoms with van der Waals surface area (Å²) < 4.78 is 5.32. The molecule has 0 bridgehead atoms. The fourth-order valence-electron chi connectivity index (χ4n) is 3.97. The maximum Gasteiger partial charge on any atom is 0.252 e. The molecule has 6 nitrogen and oxygen atoms in total. The molecule has 0 radical (unpaired) electrons. The summed E-state index contributed by atoms with van der Waals surface area (Å²) in [5.41, 5.74) is 2.62. The smallest absolute Gasteiger partial charge is 0.252 e.